The van der Waals surface area contributed by atoms with E-state index in [1.165, 1.54) is 0 Å². The van der Waals surface area contributed by atoms with E-state index < -0.39 is 0 Å². The maximum atomic E-state index is 4.23. The highest BCUT2D eigenvalue weighted by molar-refractivity contribution is 5.31. The molecule has 68 valence electrons. The van der Waals surface area contributed by atoms with Gasteiger partial charge in [0, 0.05) is 24.5 Å². The third kappa shape index (κ3) is 1.78. The van der Waals surface area contributed by atoms with E-state index in [2.05, 4.69) is 42.6 Å². The van der Waals surface area contributed by atoms with Gasteiger partial charge < -0.3 is 9.88 Å². The molecule has 0 saturated heterocycles. The lowest BCUT2D eigenvalue weighted by atomic mass is 10.2. The van der Waals surface area contributed by atoms with Gasteiger partial charge in [0.25, 0.3) is 0 Å². The van der Waals surface area contributed by atoms with Gasteiger partial charge in [-0.15, -0.1) is 0 Å². The van der Waals surface area contributed by atoms with E-state index in [0.717, 1.165) is 5.95 Å². The molecule has 0 atom stereocenters. The predicted molar refractivity (Wildman–Crippen MR) is 51.3 cm³/mol. The molecule has 1 heterocycles. The lowest BCUT2D eigenvalue weighted by Crippen LogP contribution is -2.37. The topological polar surface area (TPSA) is 31.9 Å². The molecule has 0 fully saturated rings. The normalized spacial score (nSPS) is 11.2. The summed E-state index contributed by atoms with van der Waals surface area (Å²) in [5, 5.41) is 0. The first-order chi connectivity index (χ1) is 5.63. The second kappa shape index (κ2) is 3.61. The zero-order chi connectivity index (χ0) is 9.14. The standard InChI is InChI=1S/C9H17N3/c1-7(2)12(8(3)4)9-10-5-6-11-9/h5-8H,1-4H3,(H,10,11). The average molecular weight is 167 g/mol. The summed E-state index contributed by atoms with van der Waals surface area (Å²) >= 11 is 0. The average Bonchev–Trinajstić information content (AvgIpc) is 2.37. The molecule has 1 rings (SSSR count). The minimum atomic E-state index is 0.483. The van der Waals surface area contributed by atoms with Crippen molar-refractivity contribution in [2.75, 3.05) is 4.90 Å². The van der Waals surface area contributed by atoms with Gasteiger partial charge >= 0.3 is 0 Å². The van der Waals surface area contributed by atoms with Gasteiger partial charge in [0.05, 0.1) is 0 Å². The highest BCUT2D eigenvalue weighted by atomic mass is 15.3. The maximum Gasteiger partial charge on any atom is 0.203 e. The van der Waals surface area contributed by atoms with Crippen molar-refractivity contribution in [2.24, 2.45) is 0 Å². The fourth-order valence-corrected chi connectivity index (χ4v) is 1.48. The van der Waals surface area contributed by atoms with Crippen LogP contribution in [0.5, 0.6) is 0 Å². The first-order valence-corrected chi connectivity index (χ1v) is 4.40. The van der Waals surface area contributed by atoms with Crippen LogP contribution in [-0.4, -0.2) is 22.1 Å². The lowest BCUT2D eigenvalue weighted by Gasteiger charge is -2.30. The maximum absolute atomic E-state index is 4.23. The summed E-state index contributed by atoms with van der Waals surface area (Å²) in [6.45, 7) is 8.68. The van der Waals surface area contributed by atoms with Crippen LogP contribution in [-0.2, 0) is 0 Å². The zero-order valence-electron chi connectivity index (χ0n) is 8.20. The van der Waals surface area contributed by atoms with Gasteiger partial charge in [-0.2, -0.15) is 0 Å². The van der Waals surface area contributed by atoms with Crippen LogP contribution in [0.4, 0.5) is 5.95 Å². The Hall–Kier alpha value is -0.990. The van der Waals surface area contributed by atoms with Crippen LogP contribution in [0, 0.1) is 0 Å². The number of anilines is 1. The van der Waals surface area contributed by atoms with Crippen LogP contribution in [0.1, 0.15) is 27.7 Å². The quantitative estimate of drug-likeness (QED) is 0.747. The molecule has 0 radical (unpaired) electrons. The molecule has 1 aromatic rings. The number of nitrogens with zero attached hydrogens (tertiary/aromatic N) is 2. The first kappa shape index (κ1) is 9.10. The SMILES string of the molecule is CC(C)N(c1ncc[nH]1)C(C)C. The number of hydrogen-bond donors (Lipinski definition) is 1. The molecular weight excluding hydrogens is 150 g/mol. The minimum absolute atomic E-state index is 0.483. The summed E-state index contributed by atoms with van der Waals surface area (Å²) in [6.07, 6.45) is 3.64. The zero-order valence-corrected chi connectivity index (χ0v) is 8.20. The molecule has 0 saturated carbocycles. The van der Waals surface area contributed by atoms with Gasteiger partial charge in [-0.25, -0.2) is 4.98 Å². The molecule has 3 heteroatoms. The Kier molecular flexibility index (Phi) is 2.74. The Labute approximate surface area is 73.8 Å². The van der Waals surface area contributed by atoms with E-state index >= 15 is 0 Å². The van der Waals surface area contributed by atoms with Crippen molar-refractivity contribution in [1.29, 1.82) is 0 Å². The van der Waals surface area contributed by atoms with E-state index in [4.69, 9.17) is 0 Å². The number of rotatable bonds is 3. The Morgan fingerprint density at radius 1 is 1.25 bits per heavy atom. The smallest absolute Gasteiger partial charge is 0.203 e. The van der Waals surface area contributed by atoms with Crippen LogP contribution in [0.2, 0.25) is 0 Å². The summed E-state index contributed by atoms with van der Waals surface area (Å²) in [5.74, 6) is 0.958. The minimum Gasteiger partial charge on any atom is -0.338 e. The highest BCUT2D eigenvalue weighted by Gasteiger charge is 2.15. The van der Waals surface area contributed by atoms with Gasteiger partial charge in [0.15, 0.2) is 0 Å². The first-order valence-electron chi connectivity index (χ1n) is 4.40. The van der Waals surface area contributed by atoms with Crippen molar-refractivity contribution < 1.29 is 0 Å². The number of H-pyrrole nitrogens is 1. The van der Waals surface area contributed by atoms with Crippen molar-refractivity contribution in [2.45, 2.75) is 39.8 Å². The molecule has 0 aliphatic carbocycles. The molecule has 0 aliphatic rings. The predicted octanol–water partition coefficient (Wildman–Crippen LogP) is 2.03. The molecule has 0 aliphatic heterocycles. The van der Waals surface area contributed by atoms with E-state index in [-0.39, 0.29) is 0 Å². The van der Waals surface area contributed by atoms with Gasteiger partial charge in [-0.3, -0.25) is 0 Å². The van der Waals surface area contributed by atoms with Crippen LogP contribution in [0.15, 0.2) is 12.4 Å². The van der Waals surface area contributed by atoms with Crippen LogP contribution >= 0.6 is 0 Å². The summed E-state index contributed by atoms with van der Waals surface area (Å²) in [4.78, 5) is 9.59. The van der Waals surface area contributed by atoms with E-state index in [1.807, 2.05) is 6.20 Å². The van der Waals surface area contributed by atoms with Crippen molar-refractivity contribution >= 4 is 5.95 Å². The van der Waals surface area contributed by atoms with Crippen molar-refractivity contribution in [1.82, 2.24) is 9.97 Å². The summed E-state index contributed by atoms with van der Waals surface area (Å²) in [6, 6.07) is 0.965. The van der Waals surface area contributed by atoms with Gasteiger partial charge in [-0.05, 0) is 27.7 Å². The largest absolute Gasteiger partial charge is 0.338 e. The second-order valence-electron chi connectivity index (χ2n) is 3.51. The third-order valence-corrected chi connectivity index (χ3v) is 1.84. The van der Waals surface area contributed by atoms with E-state index in [1.54, 1.807) is 6.20 Å². The number of aromatic nitrogens is 2. The molecule has 1 N–H and O–H groups in total. The highest BCUT2D eigenvalue weighted by Crippen LogP contribution is 2.13. The Morgan fingerprint density at radius 2 is 1.83 bits per heavy atom. The molecular formula is C9H17N3. The summed E-state index contributed by atoms with van der Waals surface area (Å²) in [5.41, 5.74) is 0. The Morgan fingerprint density at radius 3 is 2.17 bits per heavy atom. The lowest BCUT2D eigenvalue weighted by molar-refractivity contribution is 0.594. The fraction of sp³-hybridized carbons (Fsp3) is 0.667. The van der Waals surface area contributed by atoms with Crippen molar-refractivity contribution in [3.05, 3.63) is 12.4 Å². The van der Waals surface area contributed by atoms with Gasteiger partial charge in [0.2, 0.25) is 5.95 Å². The van der Waals surface area contributed by atoms with Crippen LogP contribution < -0.4 is 4.90 Å². The van der Waals surface area contributed by atoms with Crippen molar-refractivity contribution in [3.8, 4) is 0 Å². The summed E-state index contributed by atoms with van der Waals surface area (Å²) < 4.78 is 0. The van der Waals surface area contributed by atoms with Gasteiger partial charge in [-0.1, -0.05) is 0 Å². The summed E-state index contributed by atoms with van der Waals surface area (Å²) in [7, 11) is 0. The molecule has 1 aromatic heterocycles. The molecule has 0 aromatic carbocycles. The Bertz CT molecular complexity index is 206. The molecule has 0 unspecified atom stereocenters. The molecule has 0 bridgehead atoms. The van der Waals surface area contributed by atoms with Gasteiger partial charge in [0.1, 0.15) is 0 Å². The number of imidazole rings is 1. The molecule has 0 spiro atoms. The van der Waals surface area contributed by atoms with Crippen LogP contribution in [0.3, 0.4) is 0 Å². The number of aromatic amines is 1. The van der Waals surface area contributed by atoms with E-state index in [9.17, 15) is 0 Å². The molecule has 12 heavy (non-hydrogen) atoms. The molecule has 3 nitrogen and oxygen atoms in total. The van der Waals surface area contributed by atoms with Crippen LogP contribution in [0.25, 0.3) is 0 Å². The Balaban J connectivity index is 2.81. The molecule has 0 amide bonds. The number of nitrogens with one attached hydrogen (secondary N) is 1. The van der Waals surface area contributed by atoms with Crippen molar-refractivity contribution in [3.63, 3.8) is 0 Å². The third-order valence-electron chi connectivity index (χ3n) is 1.84. The fourth-order valence-electron chi connectivity index (χ4n) is 1.48. The second-order valence-corrected chi connectivity index (χ2v) is 3.51. The number of hydrogen-bond acceptors (Lipinski definition) is 2. The monoisotopic (exact) mass is 167 g/mol. The van der Waals surface area contributed by atoms with E-state index in [0.29, 0.717) is 12.1 Å².